The third-order valence-corrected chi connectivity index (χ3v) is 4.35. The van der Waals surface area contributed by atoms with Crippen LogP contribution in [0.5, 0.6) is 11.5 Å². The van der Waals surface area contributed by atoms with Crippen LogP contribution in [0.3, 0.4) is 0 Å². The van der Waals surface area contributed by atoms with Crippen LogP contribution in [0, 0.1) is 0 Å². The van der Waals surface area contributed by atoms with E-state index in [0.717, 1.165) is 24.2 Å². The Morgan fingerprint density at radius 1 is 1.03 bits per heavy atom. The van der Waals surface area contributed by atoms with Crippen molar-refractivity contribution >= 4 is 17.9 Å². The monoisotopic (exact) mass is 436 g/mol. The van der Waals surface area contributed by atoms with E-state index < -0.39 is 5.91 Å². The first kappa shape index (κ1) is 24.7. The van der Waals surface area contributed by atoms with Gasteiger partial charge in [-0.15, -0.1) is 6.58 Å². The number of ether oxygens (including phenoxy) is 2. The summed E-state index contributed by atoms with van der Waals surface area (Å²) in [4.78, 5) is 25.4. The first-order valence-corrected chi connectivity index (χ1v) is 10.8. The molecule has 6 heteroatoms. The minimum atomic E-state index is -0.403. The van der Waals surface area contributed by atoms with E-state index >= 15 is 0 Å². The SMILES string of the molecule is C=CCNC(=O)/C(=C/c1ccc(OC(C)C)cc1)NC(=O)c1ccc(OCCCC)cc1. The first-order chi connectivity index (χ1) is 15.4. The molecule has 170 valence electrons. The van der Waals surface area contributed by atoms with E-state index in [4.69, 9.17) is 9.47 Å². The number of nitrogens with one attached hydrogen (secondary N) is 2. The Hall–Kier alpha value is -3.54. The van der Waals surface area contributed by atoms with Gasteiger partial charge in [-0.25, -0.2) is 0 Å². The molecule has 0 atom stereocenters. The molecule has 0 aliphatic rings. The molecule has 0 aliphatic carbocycles. The highest BCUT2D eigenvalue weighted by Crippen LogP contribution is 2.17. The molecular formula is C26H32N2O4. The van der Waals surface area contributed by atoms with Crippen molar-refractivity contribution in [1.82, 2.24) is 10.6 Å². The van der Waals surface area contributed by atoms with Gasteiger partial charge in [-0.1, -0.05) is 31.6 Å². The summed E-state index contributed by atoms with van der Waals surface area (Å²) in [5.74, 6) is 0.656. The van der Waals surface area contributed by atoms with Gasteiger partial charge in [-0.3, -0.25) is 9.59 Å². The summed E-state index contributed by atoms with van der Waals surface area (Å²) in [7, 11) is 0. The molecule has 2 amide bonds. The number of benzene rings is 2. The number of rotatable bonds is 12. The molecule has 0 fully saturated rings. The maximum absolute atomic E-state index is 12.8. The lowest BCUT2D eigenvalue weighted by atomic mass is 10.1. The second-order valence-electron chi connectivity index (χ2n) is 7.47. The lowest BCUT2D eigenvalue weighted by Crippen LogP contribution is -2.34. The summed E-state index contributed by atoms with van der Waals surface area (Å²) in [6.07, 6.45) is 5.29. The molecule has 6 nitrogen and oxygen atoms in total. The fourth-order valence-corrected chi connectivity index (χ4v) is 2.73. The van der Waals surface area contributed by atoms with Crippen molar-refractivity contribution in [3.05, 3.63) is 78.0 Å². The summed E-state index contributed by atoms with van der Waals surface area (Å²) >= 11 is 0. The average molecular weight is 437 g/mol. The van der Waals surface area contributed by atoms with Crippen molar-refractivity contribution in [2.75, 3.05) is 13.2 Å². The van der Waals surface area contributed by atoms with Gasteiger partial charge in [0.1, 0.15) is 17.2 Å². The summed E-state index contributed by atoms with van der Waals surface area (Å²) in [5.41, 5.74) is 1.32. The van der Waals surface area contributed by atoms with E-state index in [9.17, 15) is 9.59 Å². The molecule has 2 N–H and O–H groups in total. The van der Waals surface area contributed by atoms with Gasteiger partial charge in [-0.05, 0) is 68.3 Å². The Labute approximate surface area is 190 Å². The van der Waals surface area contributed by atoms with Crippen LogP contribution in [0.4, 0.5) is 0 Å². The third-order valence-electron chi connectivity index (χ3n) is 4.35. The van der Waals surface area contributed by atoms with E-state index in [-0.39, 0.29) is 24.3 Å². The van der Waals surface area contributed by atoms with Gasteiger partial charge in [0, 0.05) is 12.1 Å². The maximum atomic E-state index is 12.8. The van der Waals surface area contributed by atoms with Crippen molar-refractivity contribution in [1.29, 1.82) is 0 Å². The highest BCUT2D eigenvalue weighted by molar-refractivity contribution is 6.05. The van der Waals surface area contributed by atoms with Crippen molar-refractivity contribution in [3.8, 4) is 11.5 Å². The highest BCUT2D eigenvalue weighted by atomic mass is 16.5. The molecule has 0 aromatic heterocycles. The Balaban J connectivity index is 2.15. The highest BCUT2D eigenvalue weighted by Gasteiger charge is 2.14. The van der Waals surface area contributed by atoms with Crippen molar-refractivity contribution < 1.29 is 19.1 Å². The minimum Gasteiger partial charge on any atom is -0.494 e. The fraction of sp³-hybridized carbons (Fsp3) is 0.308. The molecule has 2 aromatic rings. The van der Waals surface area contributed by atoms with Crippen molar-refractivity contribution in [2.45, 2.75) is 39.7 Å². The molecule has 0 bridgehead atoms. The van der Waals surface area contributed by atoms with E-state index in [1.165, 1.54) is 0 Å². The van der Waals surface area contributed by atoms with Gasteiger partial charge in [0.15, 0.2) is 0 Å². The topological polar surface area (TPSA) is 76.7 Å². The maximum Gasteiger partial charge on any atom is 0.268 e. The van der Waals surface area contributed by atoms with Gasteiger partial charge in [-0.2, -0.15) is 0 Å². The molecule has 0 radical (unpaired) electrons. The van der Waals surface area contributed by atoms with Gasteiger partial charge in [0.25, 0.3) is 11.8 Å². The second-order valence-corrected chi connectivity index (χ2v) is 7.47. The van der Waals surface area contributed by atoms with Gasteiger partial charge in [0.05, 0.1) is 12.7 Å². The lowest BCUT2D eigenvalue weighted by molar-refractivity contribution is -0.117. The Bertz CT molecular complexity index is 916. The zero-order valence-electron chi connectivity index (χ0n) is 19.0. The molecule has 0 aliphatic heterocycles. The minimum absolute atomic E-state index is 0.0688. The first-order valence-electron chi connectivity index (χ1n) is 10.8. The number of unbranched alkanes of at least 4 members (excludes halogenated alkanes) is 1. The van der Waals surface area contributed by atoms with Crippen LogP contribution in [-0.4, -0.2) is 31.1 Å². The Kier molecular flexibility index (Phi) is 10.0. The number of carbonyl (C=O) groups is 2. The van der Waals surface area contributed by atoms with Gasteiger partial charge < -0.3 is 20.1 Å². The molecule has 0 saturated carbocycles. The summed E-state index contributed by atoms with van der Waals surface area (Å²) in [5, 5.41) is 5.41. The molecule has 2 rings (SSSR count). The van der Waals surface area contributed by atoms with Crippen LogP contribution in [0.15, 0.2) is 66.9 Å². The number of hydrogen-bond donors (Lipinski definition) is 2. The smallest absolute Gasteiger partial charge is 0.268 e. The van der Waals surface area contributed by atoms with Crippen LogP contribution in [-0.2, 0) is 4.79 Å². The number of carbonyl (C=O) groups excluding carboxylic acids is 2. The Morgan fingerprint density at radius 2 is 1.69 bits per heavy atom. The van der Waals surface area contributed by atoms with Crippen LogP contribution in [0.25, 0.3) is 6.08 Å². The zero-order chi connectivity index (χ0) is 23.3. The van der Waals surface area contributed by atoms with Gasteiger partial charge >= 0.3 is 0 Å². The van der Waals surface area contributed by atoms with Crippen LogP contribution in [0.1, 0.15) is 49.5 Å². The lowest BCUT2D eigenvalue weighted by Gasteiger charge is -2.12. The average Bonchev–Trinajstić information content (AvgIpc) is 2.78. The molecule has 32 heavy (non-hydrogen) atoms. The van der Waals surface area contributed by atoms with E-state index in [0.29, 0.717) is 17.9 Å². The van der Waals surface area contributed by atoms with Gasteiger partial charge in [0.2, 0.25) is 0 Å². The third kappa shape index (κ3) is 8.30. The predicted octanol–water partition coefficient (Wildman–Crippen LogP) is 4.73. The molecule has 0 heterocycles. The van der Waals surface area contributed by atoms with E-state index in [1.54, 1.807) is 36.4 Å². The fourth-order valence-electron chi connectivity index (χ4n) is 2.73. The predicted molar refractivity (Wildman–Crippen MR) is 128 cm³/mol. The quantitative estimate of drug-likeness (QED) is 0.287. The van der Waals surface area contributed by atoms with Crippen LogP contribution >= 0.6 is 0 Å². The van der Waals surface area contributed by atoms with Crippen molar-refractivity contribution in [3.63, 3.8) is 0 Å². The largest absolute Gasteiger partial charge is 0.494 e. The standard InChI is InChI=1S/C26H32N2O4/c1-5-7-17-31-22-14-10-21(11-15-22)25(29)28-24(26(30)27-16-6-2)18-20-8-12-23(13-9-20)32-19(3)4/h6,8-15,18-19H,2,5,7,16-17H2,1,3-4H3,(H,27,30)(H,28,29)/b24-18-. The zero-order valence-corrected chi connectivity index (χ0v) is 19.0. The van der Waals surface area contributed by atoms with Crippen molar-refractivity contribution in [2.24, 2.45) is 0 Å². The molecular weight excluding hydrogens is 404 g/mol. The van der Waals surface area contributed by atoms with Crippen LogP contribution < -0.4 is 20.1 Å². The van der Waals surface area contributed by atoms with E-state index in [1.807, 2.05) is 38.1 Å². The van der Waals surface area contributed by atoms with Crippen LogP contribution in [0.2, 0.25) is 0 Å². The number of hydrogen-bond acceptors (Lipinski definition) is 4. The Morgan fingerprint density at radius 3 is 2.28 bits per heavy atom. The molecule has 0 spiro atoms. The molecule has 0 unspecified atom stereocenters. The summed E-state index contributed by atoms with van der Waals surface area (Å²) in [6.45, 7) is 10.5. The second kappa shape index (κ2) is 13.0. The van der Waals surface area contributed by atoms with E-state index in [2.05, 4.69) is 24.1 Å². The molecule has 2 aromatic carbocycles. The normalized spacial score (nSPS) is 11.1. The summed E-state index contributed by atoms with van der Waals surface area (Å²) < 4.78 is 11.3. The molecule has 0 saturated heterocycles. The summed E-state index contributed by atoms with van der Waals surface area (Å²) in [6, 6.07) is 14.1. The number of amides is 2.